The summed E-state index contributed by atoms with van der Waals surface area (Å²) in [4.78, 5) is 16.2. The second-order valence-electron chi connectivity index (χ2n) is 3.70. The minimum atomic E-state index is -0.0357. The van der Waals surface area contributed by atoms with Crippen molar-refractivity contribution < 1.29 is 4.79 Å². The fourth-order valence-electron chi connectivity index (χ4n) is 2.00. The summed E-state index contributed by atoms with van der Waals surface area (Å²) >= 11 is 0. The average Bonchev–Trinajstić information content (AvgIpc) is 2.30. The van der Waals surface area contributed by atoms with Crippen LogP contribution in [0.15, 0.2) is 29.3 Å². The molecular weight excluding hydrogens is 190 g/mol. The highest BCUT2D eigenvalue weighted by atomic mass is 16.2. The number of carbonyl (C=O) groups excluding carboxylic acids is 1. The number of fused-ring (bicyclic) bond motifs is 3. The third-order valence-corrected chi connectivity index (χ3v) is 2.71. The monoisotopic (exact) mass is 201 g/mol. The Morgan fingerprint density at radius 2 is 2.07 bits per heavy atom. The molecular formula is C11H11N3O. The Labute approximate surface area is 87.6 Å². The third-order valence-electron chi connectivity index (χ3n) is 2.71. The molecule has 0 atom stereocenters. The molecule has 2 heterocycles. The van der Waals surface area contributed by atoms with E-state index in [0.717, 1.165) is 36.5 Å². The summed E-state index contributed by atoms with van der Waals surface area (Å²) in [5.74, 6) is 0.864. The van der Waals surface area contributed by atoms with Crippen molar-refractivity contribution in [3.63, 3.8) is 0 Å². The maximum Gasteiger partial charge on any atom is 0.270 e. The molecule has 0 aromatic heterocycles. The molecule has 15 heavy (non-hydrogen) atoms. The Hall–Kier alpha value is -1.84. The van der Waals surface area contributed by atoms with E-state index in [1.165, 1.54) is 0 Å². The van der Waals surface area contributed by atoms with E-state index in [9.17, 15) is 4.79 Å². The molecule has 0 fully saturated rings. The van der Waals surface area contributed by atoms with Crippen LogP contribution in [0.4, 0.5) is 0 Å². The number of rotatable bonds is 0. The molecule has 0 aliphatic carbocycles. The second kappa shape index (κ2) is 3.08. The zero-order valence-electron chi connectivity index (χ0n) is 8.23. The number of nitrogens with one attached hydrogen (secondary N) is 1. The minimum absolute atomic E-state index is 0.0357. The van der Waals surface area contributed by atoms with Crippen molar-refractivity contribution in [1.29, 1.82) is 0 Å². The smallest absolute Gasteiger partial charge is 0.268 e. The molecule has 1 N–H and O–H groups in total. The molecule has 0 bridgehead atoms. The van der Waals surface area contributed by atoms with Crippen LogP contribution >= 0.6 is 0 Å². The van der Waals surface area contributed by atoms with E-state index >= 15 is 0 Å². The molecule has 0 saturated heterocycles. The lowest BCUT2D eigenvalue weighted by atomic mass is 10.0. The van der Waals surface area contributed by atoms with Gasteiger partial charge in [-0.15, -0.1) is 0 Å². The second-order valence-corrected chi connectivity index (χ2v) is 3.70. The molecule has 2 aliphatic heterocycles. The van der Waals surface area contributed by atoms with Crippen LogP contribution in [-0.4, -0.2) is 29.8 Å². The molecule has 0 spiro atoms. The van der Waals surface area contributed by atoms with Gasteiger partial charge >= 0.3 is 0 Å². The van der Waals surface area contributed by atoms with Crippen LogP contribution in [0.5, 0.6) is 0 Å². The molecule has 76 valence electrons. The van der Waals surface area contributed by atoms with E-state index in [1.54, 1.807) is 0 Å². The van der Waals surface area contributed by atoms with Crippen LogP contribution in [-0.2, 0) is 0 Å². The lowest BCUT2D eigenvalue weighted by Gasteiger charge is -2.34. The summed E-state index contributed by atoms with van der Waals surface area (Å²) < 4.78 is 0. The Bertz CT molecular complexity index is 453. The van der Waals surface area contributed by atoms with Crippen LogP contribution in [0.25, 0.3) is 0 Å². The van der Waals surface area contributed by atoms with Gasteiger partial charge in [-0.3, -0.25) is 20.2 Å². The number of carbonyl (C=O) groups is 1. The maximum absolute atomic E-state index is 11.7. The number of hydrogen-bond donors (Lipinski definition) is 1. The van der Waals surface area contributed by atoms with Gasteiger partial charge in [-0.2, -0.15) is 0 Å². The van der Waals surface area contributed by atoms with Gasteiger partial charge in [0.15, 0.2) is 5.84 Å². The molecule has 0 saturated carbocycles. The molecule has 2 aliphatic rings. The summed E-state index contributed by atoms with van der Waals surface area (Å²) in [6.07, 6.45) is 0.992. The van der Waals surface area contributed by atoms with Gasteiger partial charge in [0.05, 0.1) is 5.56 Å². The fraction of sp³-hybridized carbons (Fsp3) is 0.273. The summed E-state index contributed by atoms with van der Waals surface area (Å²) in [5, 5.41) is 1.84. The normalized spacial score (nSPS) is 18.8. The number of hydrogen-bond acceptors (Lipinski definition) is 3. The average molecular weight is 201 g/mol. The number of aliphatic imine (C=N–C) groups is 1. The molecule has 1 aromatic rings. The first-order valence-electron chi connectivity index (χ1n) is 5.08. The molecule has 4 nitrogen and oxygen atoms in total. The van der Waals surface area contributed by atoms with Crippen LogP contribution in [0.1, 0.15) is 22.3 Å². The van der Waals surface area contributed by atoms with Gasteiger partial charge in [0.2, 0.25) is 0 Å². The topological polar surface area (TPSA) is 44.7 Å². The van der Waals surface area contributed by atoms with E-state index in [-0.39, 0.29) is 5.91 Å². The van der Waals surface area contributed by atoms with Crippen molar-refractivity contribution in [3.8, 4) is 0 Å². The maximum atomic E-state index is 11.7. The van der Waals surface area contributed by atoms with E-state index < -0.39 is 0 Å². The Morgan fingerprint density at radius 1 is 1.27 bits per heavy atom. The van der Waals surface area contributed by atoms with Gasteiger partial charge in [0.1, 0.15) is 0 Å². The van der Waals surface area contributed by atoms with Crippen molar-refractivity contribution in [2.45, 2.75) is 6.42 Å². The van der Waals surface area contributed by atoms with Crippen molar-refractivity contribution in [2.75, 3.05) is 13.1 Å². The standard InChI is InChI=1S/C11H11N3O/c15-11-9-5-2-1-4-8(9)10-12-6-3-7-14(10)13-11/h1-2,4-5H,3,6-7H2,(H,13,15). The number of nitrogens with zero attached hydrogens (tertiary/aromatic N) is 2. The summed E-state index contributed by atoms with van der Waals surface area (Å²) in [5.41, 5.74) is 4.50. The fourth-order valence-corrected chi connectivity index (χ4v) is 2.00. The summed E-state index contributed by atoms with van der Waals surface area (Å²) in [6, 6.07) is 7.59. The quantitative estimate of drug-likeness (QED) is 0.674. The van der Waals surface area contributed by atoms with Gasteiger partial charge < -0.3 is 0 Å². The number of hydrazine groups is 1. The molecule has 0 unspecified atom stereocenters. The van der Waals surface area contributed by atoms with Crippen molar-refractivity contribution >= 4 is 11.7 Å². The summed E-state index contributed by atoms with van der Waals surface area (Å²) in [7, 11) is 0. The predicted molar refractivity (Wildman–Crippen MR) is 56.6 cm³/mol. The largest absolute Gasteiger partial charge is 0.270 e. The zero-order chi connectivity index (χ0) is 10.3. The van der Waals surface area contributed by atoms with Crippen LogP contribution in [0.3, 0.4) is 0 Å². The highest BCUT2D eigenvalue weighted by Gasteiger charge is 2.28. The van der Waals surface area contributed by atoms with Crippen molar-refractivity contribution in [1.82, 2.24) is 10.4 Å². The first-order chi connectivity index (χ1) is 7.36. The lowest BCUT2D eigenvalue weighted by molar-refractivity contribution is 0.0854. The SMILES string of the molecule is O=C1NN2CCCN=C2c2ccccc21. The first-order valence-corrected chi connectivity index (χ1v) is 5.08. The zero-order valence-corrected chi connectivity index (χ0v) is 8.23. The molecule has 1 amide bonds. The van der Waals surface area contributed by atoms with E-state index in [1.807, 2.05) is 29.3 Å². The van der Waals surface area contributed by atoms with E-state index in [2.05, 4.69) is 10.4 Å². The van der Waals surface area contributed by atoms with E-state index in [4.69, 9.17) is 0 Å². The van der Waals surface area contributed by atoms with Crippen LogP contribution in [0.2, 0.25) is 0 Å². The lowest BCUT2D eigenvalue weighted by Crippen LogP contribution is -2.53. The first kappa shape index (κ1) is 8.47. The van der Waals surface area contributed by atoms with Crippen molar-refractivity contribution in [3.05, 3.63) is 35.4 Å². The number of benzene rings is 1. The third kappa shape index (κ3) is 1.21. The van der Waals surface area contributed by atoms with E-state index in [0.29, 0.717) is 0 Å². The highest BCUT2D eigenvalue weighted by molar-refractivity contribution is 6.13. The molecule has 1 aromatic carbocycles. The van der Waals surface area contributed by atoms with Crippen molar-refractivity contribution in [2.24, 2.45) is 4.99 Å². The van der Waals surface area contributed by atoms with Crippen LogP contribution < -0.4 is 5.43 Å². The highest BCUT2D eigenvalue weighted by Crippen LogP contribution is 2.18. The van der Waals surface area contributed by atoms with Gasteiger partial charge in [-0.05, 0) is 12.5 Å². The van der Waals surface area contributed by atoms with Crippen LogP contribution in [0, 0.1) is 0 Å². The minimum Gasteiger partial charge on any atom is -0.268 e. The van der Waals surface area contributed by atoms with Gasteiger partial charge in [-0.1, -0.05) is 18.2 Å². The number of amides is 1. The molecule has 0 radical (unpaired) electrons. The Kier molecular flexibility index (Phi) is 1.74. The Morgan fingerprint density at radius 3 is 2.93 bits per heavy atom. The van der Waals surface area contributed by atoms with Gasteiger partial charge in [0, 0.05) is 18.7 Å². The Balaban J connectivity index is 2.18. The van der Waals surface area contributed by atoms with Gasteiger partial charge in [0.25, 0.3) is 5.91 Å². The molecule has 3 rings (SSSR count). The van der Waals surface area contributed by atoms with Gasteiger partial charge in [-0.25, -0.2) is 0 Å². The number of amidine groups is 1. The predicted octanol–water partition coefficient (Wildman–Crippen LogP) is 0.797. The summed E-state index contributed by atoms with van der Waals surface area (Å²) in [6.45, 7) is 1.69. The molecule has 4 heteroatoms.